The lowest BCUT2D eigenvalue weighted by atomic mass is 9.98. The highest BCUT2D eigenvalue weighted by molar-refractivity contribution is 9.10. The molecule has 0 radical (unpaired) electrons. The van der Waals surface area contributed by atoms with Crippen LogP contribution >= 0.6 is 15.9 Å². The Labute approximate surface area is 119 Å². The van der Waals surface area contributed by atoms with E-state index >= 15 is 0 Å². The molecule has 0 aromatic heterocycles. The van der Waals surface area contributed by atoms with E-state index in [0.29, 0.717) is 6.04 Å². The Morgan fingerprint density at radius 2 is 2.06 bits per heavy atom. The van der Waals surface area contributed by atoms with Gasteiger partial charge < -0.3 is 5.32 Å². The average molecular weight is 310 g/mol. The van der Waals surface area contributed by atoms with Crippen LogP contribution in [0.1, 0.15) is 51.0 Å². The largest absolute Gasteiger partial charge is 0.382 e. The third-order valence-electron chi connectivity index (χ3n) is 4.21. The summed E-state index contributed by atoms with van der Waals surface area (Å²) in [5, 5.41) is 3.70. The van der Waals surface area contributed by atoms with E-state index in [-0.39, 0.29) is 0 Å². The van der Waals surface area contributed by atoms with E-state index in [9.17, 15) is 0 Å². The molecule has 2 atom stereocenters. The van der Waals surface area contributed by atoms with E-state index in [1.54, 1.807) is 0 Å². The van der Waals surface area contributed by atoms with Gasteiger partial charge in [-0.25, -0.2) is 0 Å². The van der Waals surface area contributed by atoms with Crippen LogP contribution < -0.4 is 5.32 Å². The van der Waals surface area contributed by atoms with Gasteiger partial charge in [0.1, 0.15) is 0 Å². The number of aryl methyl sites for hydroxylation is 1. The van der Waals surface area contributed by atoms with E-state index in [2.05, 4.69) is 53.3 Å². The summed E-state index contributed by atoms with van der Waals surface area (Å²) in [4.78, 5) is 0. The summed E-state index contributed by atoms with van der Waals surface area (Å²) in [5.41, 5.74) is 2.56. The Bertz CT molecular complexity index is 389. The summed E-state index contributed by atoms with van der Waals surface area (Å²) in [6, 6.07) is 7.24. The van der Waals surface area contributed by atoms with E-state index in [1.165, 1.54) is 54.2 Å². The zero-order chi connectivity index (χ0) is 13.0. The minimum absolute atomic E-state index is 0.663. The molecule has 1 aromatic rings. The molecule has 2 unspecified atom stereocenters. The van der Waals surface area contributed by atoms with Crippen LogP contribution in [-0.2, 0) is 0 Å². The summed E-state index contributed by atoms with van der Waals surface area (Å²) in [6.45, 7) is 4.46. The van der Waals surface area contributed by atoms with Gasteiger partial charge in [-0.05, 0) is 49.8 Å². The van der Waals surface area contributed by atoms with Gasteiger partial charge in [-0.3, -0.25) is 0 Å². The first-order valence-electron chi connectivity index (χ1n) is 7.21. The molecule has 1 aromatic carbocycles. The molecule has 1 N–H and O–H groups in total. The normalized spacial score (nSPS) is 24.6. The highest BCUT2D eigenvalue weighted by atomic mass is 79.9. The van der Waals surface area contributed by atoms with Gasteiger partial charge in [-0.1, -0.05) is 48.2 Å². The SMILES string of the molecule is CCC1CCCC(Nc2ccc(C)c(Br)c2)CC1. The molecule has 1 fully saturated rings. The maximum absolute atomic E-state index is 3.70. The van der Waals surface area contributed by atoms with Gasteiger partial charge in [-0.2, -0.15) is 0 Å². The highest BCUT2D eigenvalue weighted by Crippen LogP contribution is 2.28. The maximum atomic E-state index is 3.70. The van der Waals surface area contributed by atoms with Crippen molar-refractivity contribution < 1.29 is 0 Å². The fourth-order valence-corrected chi connectivity index (χ4v) is 3.23. The number of nitrogens with one attached hydrogen (secondary N) is 1. The van der Waals surface area contributed by atoms with Crippen LogP contribution in [0.4, 0.5) is 5.69 Å². The van der Waals surface area contributed by atoms with Crippen molar-refractivity contribution in [3.8, 4) is 0 Å². The van der Waals surface area contributed by atoms with Crippen LogP contribution in [0.3, 0.4) is 0 Å². The van der Waals surface area contributed by atoms with Crippen LogP contribution in [0.15, 0.2) is 22.7 Å². The van der Waals surface area contributed by atoms with Crippen LogP contribution in [0, 0.1) is 12.8 Å². The van der Waals surface area contributed by atoms with Gasteiger partial charge in [0.25, 0.3) is 0 Å². The average Bonchev–Trinajstić information content (AvgIpc) is 2.59. The standard InChI is InChI=1S/C16H24BrN/c1-3-13-5-4-6-14(10-8-13)18-15-9-7-12(2)16(17)11-15/h7,9,11,13-14,18H,3-6,8,10H2,1-2H3. The van der Waals surface area contributed by atoms with Crippen LogP contribution in [-0.4, -0.2) is 6.04 Å². The lowest BCUT2D eigenvalue weighted by Crippen LogP contribution is -2.18. The van der Waals surface area contributed by atoms with Gasteiger partial charge in [0.2, 0.25) is 0 Å². The molecule has 0 heterocycles. The van der Waals surface area contributed by atoms with Gasteiger partial charge in [-0.15, -0.1) is 0 Å². The summed E-state index contributed by atoms with van der Waals surface area (Å²) in [5.74, 6) is 0.960. The predicted octanol–water partition coefficient (Wildman–Crippen LogP) is 5.53. The molecule has 0 amide bonds. The number of hydrogen-bond acceptors (Lipinski definition) is 1. The Hall–Kier alpha value is -0.500. The minimum Gasteiger partial charge on any atom is -0.382 e. The summed E-state index contributed by atoms with van der Waals surface area (Å²) >= 11 is 3.61. The summed E-state index contributed by atoms with van der Waals surface area (Å²) in [6.07, 6.45) is 8.19. The van der Waals surface area contributed by atoms with Gasteiger partial charge in [0.15, 0.2) is 0 Å². The molecule has 1 aliphatic rings. The lowest BCUT2D eigenvalue weighted by Gasteiger charge is -2.18. The molecular formula is C16H24BrN. The molecular weight excluding hydrogens is 286 g/mol. The van der Waals surface area contributed by atoms with E-state index < -0.39 is 0 Å². The predicted molar refractivity (Wildman–Crippen MR) is 83.2 cm³/mol. The van der Waals surface area contributed by atoms with Crippen LogP contribution in [0.5, 0.6) is 0 Å². The fourth-order valence-electron chi connectivity index (χ4n) is 2.85. The van der Waals surface area contributed by atoms with Crippen molar-refractivity contribution in [2.75, 3.05) is 5.32 Å². The number of rotatable bonds is 3. The number of benzene rings is 1. The fraction of sp³-hybridized carbons (Fsp3) is 0.625. The van der Waals surface area contributed by atoms with Crippen molar-refractivity contribution in [1.82, 2.24) is 0 Å². The van der Waals surface area contributed by atoms with E-state index in [0.717, 1.165) is 5.92 Å². The Kier molecular flexibility index (Phi) is 5.11. The third-order valence-corrected chi connectivity index (χ3v) is 5.06. The van der Waals surface area contributed by atoms with Crippen molar-refractivity contribution in [2.45, 2.75) is 58.4 Å². The molecule has 0 aliphatic heterocycles. The van der Waals surface area contributed by atoms with Gasteiger partial charge in [0, 0.05) is 16.2 Å². The Morgan fingerprint density at radius 1 is 1.22 bits per heavy atom. The molecule has 2 heteroatoms. The minimum atomic E-state index is 0.663. The molecule has 0 bridgehead atoms. The molecule has 100 valence electrons. The van der Waals surface area contributed by atoms with Crippen LogP contribution in [0.2, 0.25) is 0 Å². The number of hydrogen-bond donors (Lipinski definition) is 1. The maximum Gasteiger partial charge on any atom is 0.0353 e. The Morgan fingerprint density at radius 3 is 2.78 bits per heavy atom. The summed E-state index contributed by atoms with van der Waals surface area (Å²) in [7, 11) is 0. The molecule has 0 saturated heterocycles. The van der Waals surface area contributed by atoms with E-state index in [1.807, 2.05) is 0 Å². The van der Waals surface area contributed by atoms with Crippen molar-refractivity contribution >= 4 is 21.6 Å². The topological polar surface area (TPSA) is 12.0 Å². The highest BCUT2D eigenvalue weighted by Gasteiger charge is 2.17. The molecule has 2 rings (SSSR count). The Balaban J connectivity index is 1.94. The summed E-state index contributed by atoms with van der Waals surface area (Å²) < 4.78 is 1.20. The third kappa shape index (κ3) is 3.74. The smallest absolute Gasteiger partial charge is 0.0353 e. The second-order valence-electron chi connectivity index (χ2n) is 5.59. The zero-order valence-electron chi connectivity index (χ0n) is 11.5. The second-order valence-corrected chi connectivity index (χ2v) is 6.44. The zero-order valence-corrected chi connectivity index (χ0v) is 13.1. The second kappa shape index (κ2) is 6.60. The van der Waals surface area contributed by atoms with Crippen molar-refractivity contribution in [2.24, 2.45) is 5.92 Å². The van der Waals surface area contributed by atoms with Crippen molar-refractivity contribution in [1.29, 1.82) is 0 Å². The quantitative estimate of drug-likeness (QED) is 0.724. The first kappa shape index (κ1) is 13.9. The van der Waals surface area contributed by atoms with Gasteiger partial charge >= 0.3 is 0 Å². The van der Waals surface area contributed by atoms with Crippen molar-refractivity contribution in [3.63, 3.8) is 0 Å². The van der Waals surface area contributed by atoms with Gasteiger partial charge in [0.05, 0.1) is 0 Å². The molecule has 0 spiro atoms. The molecule has 1 saturated carbocycles. The monoisotopic (exact) mass is 309 g/mol. The number of anilines is 1. The number of halogens is 1. The molecule has 18 heavy (non-hydrogen) atoms. The van der Waals surface area contributed by atoms with Crippen LogP contribution in [0.25, 0.3) is 0 Å². The lowest BCUT2D eigenvalue weighted by molar-refractivity contribution is 0.444. The first-order valence-corrected chi connectivity index (χ1v) is 8.01. The molecule has 1 aliphatic carbocycles. The first-order chi connectivity index (χ1) is 8.69. The van der Waals surface area contributed by atoms with Crippen molar-refractivity contribution in [3.05, 3.63) is 28.2 Å². The molecule has 1 nitrogen and oxygen atoms in total. The van der Waals surface area contributed by atoms with E-state index in [4.69, 9.17) is 0 Å².